The number of rotatable bonds is 7. The molecule has 0 aliphatic heterocycles. The maximum absolute atomic E-state index is 10.8. The zero-order chi connectivity index (χ0) is 14.5. The zero-order valence-corrected chi connectivity index (χ0v) is 13.0. The van der Waals surface area contributed by atoms with Crippen molar-refractivity contribution in [2.45, 2.75) is 36.6 Å². The standard InChI is InChI=1S/C13H17Cl2NO2S/c1-13(16,12(17)18)6-2-3-7-19-11-8-9(14)4-5-10(11)15/h4-5,8H,2-3,6-7,16H2,1H3,(H,17,18). The second-order valence-electron chi connectivity index (χ2n) is 4.60. The van der Waals surface area contributed by atoms with Gasteiger partial charge in [-0.25, -0.2) is 0 Å². The summed E-state index contributed by atoms with van der Waals surface area (Å²) in [7, 11) is 0. The van der Waals surface area contributed by atoms with E-state index in [0.717, 1.165) is 23.5 Å². The van der Waals surface area contributed by atoms with Crippen molar-refractivity contribution in [3.8, 4) is 0 Å². The molecule has 3 nitrogen and oxygen atoms in total. The third-order valence-electron chi connectivity index (χ3n) is 2.73. The molecule has 1 aromatic carbocycles. The molecule has 1 aromatic rings. The van der Waals surface area contributed by atoms with Crippen molar-refractivity contribution in [2.24, 2.45) is 5.73 Å². The van der Waals surface area contributed by atoms with E-state index in [4.69, 9.17) is 34.0 Å². The first-order chi connectivity index (χ1) is 8.83. The van der Waals surface area contributed by atoms with Gasteiger partial charge in [-0.2, -0.15) is 0 Å². The lowest BCUT2D eigenvalue weighted by atomic mass is 9.97. The van der Waals surface area contributed by atoms with Crippen LogP contribution in [0, 0.1) is 0 Å². The summed E-state index contributed by atoms with van der Waals surface area (Å²) in [6.45, 7) is 1.54. The molecule has 0 saturated heterocycles. The Balaban J connectivity index is 2.32. The molecule has 0 aromatic heterocycles. The molecular weight excluding hydrogens is 305 g/mol. The van der Waals surface area contributed by atoms with Gasteiger partial charge in [-0.05, 0) is 43.7 Å². The van der Waals surface area contributed by atoms with Gasteiger partial charge in [0.1, 0.15) is 5.54 Å². The van der Waals surface area contributed by atoms with Gasteiger partial charge in [0.25, 0.3) is 0 Å². The number of carboxylic acid groups (broad SMARTS) is 1. The number of unbranched alkanes of at least 4 members (excludes halogenated alkanes) is 1. The Morgan fingerprint density at radius 3 is 2.74 bits per heavy atom. The molecule has 0 aliphatic rings. The topological polar surface area (TPSA) is 63.3 Å². The molecule has 0 fully saturated rings. The van der Waals surface area contributed by atoms with Crippen molar-refractivity contribution < 1.29 is 9.90 Å². The summed E-state index contributed by atoms with van der Waals surface area (Å²) in [5.41, 5.74) is 4.51. The smallest absolute Gasteiger partial charge is 0.323 e. The molecule has 0 heterocycles. The fraction of sp³-hybridized carbons (Fsp3) is 0.462. The molecule has 0 spiro atoms. The second kappa shape index (κ2) is 7.39. The van der Waals surface area contributed by atoms with Crippen LogP contribution >= 0.6 is 35.0 Å². The molecule has 0 amide bonds. The number of thioether (sulfide) groups is 1. The molecule has 106 valence electrons. The third kappa shape index (κ3) is 5.61. The van der Waals surface area contributed by atoms with Crippen molar-refractivity contribution in [3.63, 3.8) is 0 Å². The highest BCUT2D eigenvalue weighted by Crippen LogP contribution is 2.30. The van der Waals surface area contributed by atoms with Gasteiger partial charge < -0.3 is 10.8 Å². The van der Waals surface area contributed by atoms with E-state index >= 15 is 0 Å². The highest BCUT2D eigenvalue weighted by Gasteiger charge is 2.26. The van der Waals surface area contributed by atoms with Gasteiger partial charge in [-0.15, -0.1) is 11.8 Å². The minimum Gasteiger partial charge on any atom is -0.480 e. The molecular formula is C13H17Cl2NO2S. The number of nitrogens with two attached hydrogens (primary N) is 1. The monoisotopic (exact) mass is 321 g/mol. The van der Waals surface area contributed by atoms with Gasteiger partial charge in [-0.1, -0.05) is 29.6 Å². The van der Waals surface area contributed by atoms with Crippen molar-refractivity contribution in [3.05, 3.63) is 28.2 Å². The maximum atomic E-state index is 10.8. The summed E-state index contributed by atoms with van der Waals surface area (Å²) in [6.07, 6.45) is 2.12. The van der Waals surface area contributed by atoms with Crippen molar-refractivity contribution in [1.29, 1.82) is 0 Å². The van der Waals surface area contributed by atoms with E-state index in [2.05, 4.69) is 0 Å². The van der Waals surface area contributed by atoms with Gasteiger partial charge in [0, 0.05) is 9.92 Å². The number of carbonyl (C=O) groups is 1. The van der Waals surface area contributed by atoms with Crippen LogP contribution < -0.4 is 5.73 Å². The Morgan fingerprint density at radius 2 is 2.11 bits per heavy atom. The van der Waals surface area contributed by atoms with E-state index in [0.29, 0.717) is 16.5 Å². The number of carboxylic acids is 1. The fourth-order valence-corrected chi connectivity index (χ4v) is 2.97. The Kier molecular flexibility index (Phi) is 6.47. The van der Waals surface area contributed by atoms with Crippen LogP contribution in [0.15, 0.2) is 23.1 Å². The second-order valence-corrected chi connectivity index (χ2v) is 6.58. The lowest BCUT2D eigenvalue weighted by Crippen LogP contribution is -2.44. The van der Waals surface area contributed by atoms with Crippen LogP contribution in [0.25, 0.3) is 0 Å². The molecule has 0 aliphatic carbocycles. The summed E-state index contributed by atoms with van der Waals surface area (Å²) in [4.78, 5) is 11.8. The minimum absolute atomic E-state index is 0.464. The quantitative estimate of drug-likeness (QED) is 0.587. The van der Waals surface area contributed by atoms with E-state index in [1.807, 2.05) is 6.07 Å². The van der Waals surface area contributed by atoms with Crippen LogP contribution in [-0.4, -0.2) is 22.4 Å². The molecule has 0 saturated carbocycles. The van der Waals surface area contributed by atoms with E-state index < -0.39 is 11.5 Å². The minimum atomic E-state index is -1.14. The van der Waals surface area contributed by atoms with Crippen LogP contribution in [0.4, 0.5) is 0 Å². The molecule has 19 heavy (non-hydrogen) atoms. The van der Waals surface area contributed by atoms with Crippen molar-refractivity contribution >= 4 is 40.9 Å². The van der Waals surface area contributed by atoms with Crippen LogP contribution in [0.5, 0.6) is 0 Å². The number of aliphatic carboxylic acids is 1. The summed E-state index contributed by atoms with van der Waals surface area (Å²) in [5.74, 6) is -0.103. The van der Waals surface area contributed by atoms with E-state index in [-0.39, 0.29) is 0 Å². The molecule has 6 heteroatoms. The van der Waals surface area contributed by atoms with Crippen LogP contribution in [-0.2, 0) is 4.79 Å². The first kappa shape index (κ1) is 16.6. The van der Waals surface area contributed by atoms with Gasteiger partial charge >= 0.3 is 5.97 Å². The lowest BCUT2D eigenvalue weighted by Gasteiger charge is -2.18. The van der Waals surface area contributed by atoms with Gasteiger partial charge in [0.15, 0.2) is 0 Å². The highest BCUT2D eigenvalue weighted by atomic mass is 35.5. The van der Waals surface area contributed by atoms with E-state index in [9.17, 15) is 4.79 Å². The van der Waals surface area contributed by atoms with Crippen LogP contribution in [0.1, 0.15) is 26.2 Å². The summed E-state index contributed by atoms with van der Waals surface area (Å²) >= 11 is 13.6. The van der Waals surface area contributed by atoms with Crippen molar-refractivity contribution in [2.75, 3.05) is 5.75 Å². The number of halogens is 2. The Hall–Kier alpha value is -0.420. The van der Waals surface area contributed by atoms with Gasteiger partial charge in [-0.3, -0.25) is 4.79 Å². The number of hydrogen-bond donors (Lipinski definition) is 2. The van der Waals surface area contributed by atoms with E-state index in [1.165, 1.54) is 6.92 Å². The van der Waals surface area contributed by atoms with Crippen molar-refractivity contribution in [1.82, 2.24) is 0 Å². The summed E-state index contributed by atoms with van der Waals surface area (Å²) < 4.78 is 0. The Labute approximate surface area is 127 Å². The number of benzene rings is 1. The fourth-order valence-electron chi connectivity index (χ4n) is 1.47. The SMILES string of the molecule is CC(N)(CCCCSc1cc(Cl)ccc1Cl)C(=O)O. The predicted octanol–water partition coefficient (Wildman–Crippen LogP) is 4.06. The summed E-state index contributed by atoms with van der Waals surface area (Å²) in [5, 5.41) is 10.2. The van der Waals surface area contributed by atoms with Crippen LogP contribution in [0.3, 0.4) is 0 Å². The molecule has 0 bridgehead atoms. The Bertz CT molecular complexity index is 452. The molecule has 3 N–H and O–H groups in total. The molecule has 1 unspecified atom stereocenters. The largest absolute Gasteiger partial charge is 0.480 e. The van der Waals surface area contributed by atoms with Crippen LogP contribution in [0.2, 0.25) is 10.0 Å². The van der Waals surface area contributed by atoms with Gasteiger partial charge in [0.05, 0.1) is 5.02 Å². The highest BCUT2D eigenvalue weighted by molar-refractivity contribution is 7.99. The first-order valence-corrected chi connectivity index (χ1v) is 7.67. The number of hydrogen-bond acceptors (Lipinski definition) is 3. The van der Waals surface area contributed by atoms with E-state index in [1.54, 1.807) is 23.9 Å². The molecule has 1 rings (SSSR count). The predicted molar refractivity (Wildman–Crippen MR) is 81.3 cm³/mol. The summed E-state index contributed by atoms with van der Waals surface area (Å²) in [6, 6.07) is 5.35. The lowest BCUT2D eigenvalue weighted by molar-refractivity contribution is -0.142. The Morgan fingerprint density at radius 1 is 1.42 bits per heavy atom. The molecule has 0 radical (unpaired) electrons. The van der Waals surface area contributed by atoms with Gasteiger partial charge in [0.2, 0.25) is 0 Å². The normalized spacial score (nSPS) is 14.1. The average molecular weight is 322 g/mol. The molecule has 1 atom stereocenters. The average Bonchev–Trinajstić information content (AvgIpc) is 2.32. The third-order valence-corrected chi connectivity index (χ3v) is 4.55. The first-order valence-electron chi connectivity index (χ1n) is 5.93. The maximum Gasteiger partial charge on any atom is 0.323 e. The zero-order valence-electron chi connectivity index (χ0n) is 10.7.